The molecule has 1 N–H and O–H groups in total. The van der Waals surface area contributed by atoms with Crippen molar-refractivity contribution in [3.05, 3.63) is 62.9 Å². The van der Waals surface area contributed by atoms with E-state index in [-0.39, 0.29) is 5.56 Å². The Morgan fingerprint density at radius 3 is 2.67 bits per heavy atom. The standard InChI is InChI=1S/C11H9N2O2/c1-8-2-4-9(5-3-8)13-10(14)6-7-12-11(13)15/h2,4-7H,1H3,(H,12,15). The van der Waals surface area contributed by atoms with E-state index in [0.717, 1.165) is 10.1 Å². The van der Waals surface area contributed by atoms with E-state index in [0.29, 0.717) is 5.69 Å². The maximum Gasteiger partial charge on any atom is 0.332 e. The lowest BCUT2D eigenvalue weighted by Gasteiger charge is -2.02. The summed E-state index contributed by atoms with van der Waals surface area (Å²) in [6, 6.07) is 9.37. The van der Waals surface area contributed by atoms with E-state index in [9.17, 15) is 9.59 Å². The topological polar surface area (TPSA) is 54.9 Å². The highest BCUT2D eigenvalue weighted by atomic mass is 16.2. The Morgan fingerprint density at radius 2 is 2.07 bits per heavy atom. The first-order valence-corrected chi connectivity index (χ1v) is 4.48. The van der Waals surface area contributed by atoms with Crippen LogP contribution < -0.4 is 11.2 Å². The summed E-state index contributed by atoms with van der Waals surface area (Å²) in [4.78, 5) is 25.3. The lowest BCUT2D eigenvalue weighted by molar-refractivity contribution is 0.875. The van der Waals surface area contributed by atoms with Crippen LogP contribution in [-0.4, -0.2) is 9.55 Å². The number of hydrogen-bond donors (Lipinski definition) is 1. The van der Waals surface area contributed by atoms with Gasteiger partial charge in [-0.1, -0.05) is 6.07 Å². The van der Waals surface area contributed by atoms with Gasteiger partial charge in [0.1, 0.15) is 0 Å². The van der Waals surface area contributed by atoms with Gasteiger partial charge in [-0.2, -0.15) is 0 Å². The summed E-state index contributed by atoms with van der Waals surface area (Å²) in [7, 11) is 0. The Morgan fingerprint density at radius 1 is 1.27 bits per heavy atom. The summed E-state index contributed by atoms with van der Waals surface area (Å²) in [5.41, 5.74) is 0.683. The molecular formula is C11H9N2O2. The second kappa shape index (κ2) is 3.57. The van der Waals surface area contributed by atoms with Crippen LogP contribution in [0.25, 0.3) is 5.69 Å². The van der Waals surface area contributed by atoms with Gasteiger partial charge in [-0.3, -0.25) is 4.79 Å². The van der Waals surface area contributed by atoms with E-state index >= 15 is 0 Å². The summed E-state index contributed by atoms with van der Waals surface area (Å²) in [5, 5.41) is 0. The van der Waals surface area contributed by atoms with E-state index in [4.69, 9.17) is 0 Å². The molecule has 0 aliphatic carbocycles. The third kappa shape index (κ3) is 1.74. The highest BCUT2D eigenvalue weighted by Gasteiger charge is 2.02. The van der Waals surface area contributed by atoms with Gasteiger partial charge in [0.15, 0.2) is 0 Å². The van der Waals surface area contributed by atoms with Crippen LogP contribution in [0.15, 0.2) is 40.1 Å². The van der Waals surface area contributed by atoms with Crippen LogP contribution in [0, 0.1) is 13.0 Å². The van der Waals surface area contributed by atoms with Crippen LogP contribution in [0.3, 0.4) is 0 Å². The molecule has 0 aliphatic rings. The van der Waals surface area contributed by atoms with Gasteiger partial charge in [0.25, 0.3) is 5.56 Å². The Bertz CT molecular complexity index is 550. The number of nitrogens with one attached hydrogen (secondary N) is 1. The molecule has 1 heterocycles. The molecule has 0 bridgehead atoms. The molecule has 4 nitrogen and oxygen atoms in total. The average Bonchev–Trinajstić information content (AvgIpc) is 2.20. The van der Waals surface area contributed by atoms with Crippen LogP contribution in [-0.2, 0) is 0 Å². The lowest BCUT2D eigenvalue weighted by atomic mass is 10.2. The zero-order valence-corrected chi connectivity index (χ0v) is 8.15. The number of nitrogens with zero attached hydrogens (tertiary/aromatic N) is 1. The van der Waals surface area contributed by atoms with Crippen LogP contribution in [0.1, 0.15) is 5.56 Å². The molecule has 2 rings (SSSR count). The maximum atomic E-state index is 11.5. The zero-order chi connectivity index (χ0) is 10.8. The van der Waals surface area contributed by atoms with Crippen LogP contribution in [0.2, 0.25) is 0 Å². The smallest absolute Gasteiger partial charge is 0.314 e. The van der Waals surface area contributed by atoms with Crippen LogP contribution >= 0.6 is 0 Å². The molecule has 75 valence electrons. The van der Waals surface area contributed by atoms with Crippen molar-refractivity contribution in [2.45, 2.75) is 6.92 Å². The first kappa shape index (κ1) is 9.45. The molecule has 0 fully saturated rings. The fraction of sp³-hybridized carbons (Fsp3) is 0.0909. The van der Waals surface area contributed by atoms with Gasteiger partial charge in [0.05, 0.1) is 5.69 Å². The van der Waals surface area contributed by atoms with Crippen molar-refractivity contribution in [3.8, 4) is 5.69 Å². The first-order chi connectivity index (χ1) is 7.18. The van der Waals surface area contributed by atoms with E-state index in [1.165, 1.54) is 12.3 Å². The van der Waals surface area contributed by atoms with Gasteiger partial charge in [0.2, 0.25) is 0 Å². The fourth-order valence-corrected chi connectivity index (χ4v) is 1.30. The zero-order valence-electron chi connectivity index (χ0n) is 8.15. The van der Waals surface area contributed by atoms with Crippen molar-refractivity contribution in [3.63, 3.8) is 0 Å². The van der Waals surface area contributed by atoms with Gasteiger partial charge < -0.3 is 4.98 Å². The highest BCUT2D eigenvalue weighted by Crippen LogP contribution is 2.03. The molecule has 1 aromatic heterocycles. The largest absolute Gasteiger partial charge is 0.332 e. The van der Waals surface area contributed by atoms with Crippen LogP contribution in [0.5, 0.6) is 0 Å². The molecule has 0 saturated heterocycles. The molecule has 1 radical (unpaired) electrons. The van der Waals surface area contributed by atoms with Crippen molar-refractivity contribution >= 4 is 0 Å². The van der Waals surface area contributed by atoms with Crippen LogP contribution in [0.4, 0.5) is 0 Å². The summed E-state index contributed by atoms with van der Waals surface area (Å²) in [5.74, 6) is 0. The molecule has 4 heteroatoms. The van der Waals surface area contributed by atoms with E-state index in [1.807, 2.05) is 6.92 Å². The molecular weight excluding hydrogens is 192 g/mol. The Hall–Kier alpha value is -2.10. The van der Waals surface area contributed by atoms with Crippen molar-refractivity contribution in [2.24, 2.45) is 0 Å². The molecule has 1 aromatic carbocycles. The third-order valence-corrected chi connectivity index (χ3v) is 2.07. The lowest BCUT2D eigenvalue weighted by Crippen LogP contribution is -2.32. The summed E-state index contributed by atoms with van der Waals surface area (Å²) in [6.07, 6.45) is 1.33. The Balaban J connectivity index is 2.69. The second-order valence-electron chi connectivity index (χ2n) is 3.19. The maximum absolute atomic E-state index is 11.5. The number of rotatable bonds is 1. The molecule has 0 aliphatic heterocycles. The Labute approximate surface area is 85.8 Å². The average molecular weight is 201 g/mol. The van der Waals surface area contributed by atoms with Gasteiger partial charge in [-0.15, -0.1) is 0 Å². The summed E-state index contributed by atoms with van der Waals surface area (Å²) >= 11 is 0. The van der Waals surface area contributed by atoms with Crippen molar-refractivity contribution in [2.75, 3.05) is 0 Å². The minimum atomic E-state index is -0.445. The van der Waals surface area contributed by atoms with Gasteiger partial charge >= 0.3 is 5.69 Å². The van der Waals surface area contributed by atoms with Crippen molar-refractivity contribution < 1.29 is 0 Å². The molecule has 0 unspecified atom stereocenters. The van der Waals surface area contributed by atoms with E-state index in [2.05, 4.69) is 11.1 Å². The molecule has 15 heavy (non-hydrogen) atoms. The number of aromatic nitrogens is 2. The minimum absolute atomic E-state index is 0.351. The number of aryl methyl sites for hydroxylation is 1. The highest BCUT2D eigenvalue weighted by molar-refractivity contribution is 5.33. The first-order valence-electron chi connectivity index (χ1n) is 4.48. The number of benzene rings is 1. The molecule has 0 spiro atoms. The van der Waals surface area contributed by atoms with E-state index < -0.39 is 5.69 Å². The summed E-state index contributed by atoms with van der Waals surface area (Å²) in [6.45, 7) is 1.89. The number of H-pyrrole nitrogens is 1. The number of aromatic amines is 1. The van der Waals surface area contributed by atoms with Gasteiger partial charge in [-0.05, 0) is 30.7 Å². The molecule has 0 atom stereocenters. The predicted octanol–water partition coefficient (Wildman–Crippen LogP) is 0.634. The van der Waals surface area contributed by atoms with Crippen molar-refractivity contribution in [1.82, 2.24) is 9.55 Å². The monoisotopic (exact) mass is 201 g/mol. The number of hydrogen-bond acceptors (Lipinski definition) is 2. The van der Waals surface area contributed by atoms with E-state index in [1.54, 1.807) is 18.2 Å². The third-order valence-electron chi connectivity index (χ3n) is 2.07. The van der Waals surface area contributed by atoms with Gasteiger partial charge in [-0.25, -0.2) is 9.36 Å². The summed E-state index contributed by atoms with van der Waals surface area (Å²) < 4.78 is 1.07. The van der Waals surface area contributed by atoms with Gasteiger partial charge in [0, 0.05) is 12.3 Å². The SMILES string of the molecule is Cc1[c]cc(-n2c(=O)cc[nH]c2=O)cc1. The second-order valence-corrected chi connectivity index (χ2v) is 3.19. The molecule has 2 aromatic rings. The minimum Gasteiger partial charge on any atom is -0.314 e. The predicted molar refractivity (Wildman–Crippen MR) is 56.2 cm³/mol. The quantitative estimate of drug-likeness (QED) is 0.735. The molecule has 0 saturated carbocycles. The van der Waals surface area contributed by atoms with Crippen molar-refractivity contribution in [1.29, 1.82) is 0 Å². The Kier molecular flexibility index (Phi) is 2.25. The fourth-order valence-electron chi connectivity index (χ4n) is 1.30. The molecule has 0 amide bonds. The normalized spacial score (nSPS) is 10.2.